The van der Waals surface area contributed by atoms with Gasteiger partial charge in [0.15, 0.2) is 11.5 Å². The van der Waals surface area contributed by atoms with Crippen LogP contribution in [0.1, 0.15) is 12.8 Å². The van der Waals surface area contributed by atoms with Crippen LogP contribution < -0.4 is 26.0 Å². The van der Waals surface area contributed by atoms with Crippen LogP contribution in [0.2, 0.25) is 0 Å². The van der Waals surface area contributed by atoms with Gasteiger partial charge in [0.05, 0.1) is 0 Å². The molecule has 1 aliphatic heterocycles. The Labute approximate surface area is 143 Å². The molecule has 1 aromatic carbocycles. The number of fused-ring (bicyclic) bond motifs is 1. The number of H-pyrrole nitrogens is 1. The quantitative estimate of drug-likeness (QED) is 0.782. The van der Waals surface area contributed by atoms with Crippen LogP contribution >= 0.6 is 0 Å². The smallest absolute Gasteiger partial charge is 0.328 e. The maximum atomic E-state index is 11.9. The monoisotopic (exact) mass is 345 g/mol. The molecule has 132 valence electrons. The van der Waals surface area contributed by atoms with Gasteiger partial charge in [0.2, 0.25) is 5.91 Å². The molecule has 0 saturated carbocycles. The summed E-state index contributed by atoms with van der Waals surface area (Å²) in [5.74, 6) is 1.27. The maximum Gasteiger partial charge on any atom is 0.328 e. The minimum absolute atomic E-state index is 0.114. The van der Waals surface area contributed by atoms with Gasteiger partial charge in [-0.25, -0.2) is 4.79 Å². The zero-order valence-corrected chi connectivity index (χ0v) is 13.6. The number of carbonyl (C=O) groups excluding carboxylic acids is 1. The van der Waals surface area contributed by atoms with Crippen molar-refractivity contribution in [1.29, 1.82) is 0 Å². The fourth-order valence-corrected chi connectivity index (χ4v) is 2.51. The first kappa shape index (κ1) is 16.8. The van der Waals surface area contributed by atoms with Crippen molar-refractivity contribution in [3.63, 3.8) is 0 Å². The number of aromatic nitrogens is 2. The van der Waals surface area contributed by atoms with E-state index in [1.165, 1.54) is 16.8 Å². The lowest BCUT2D eigenvalue weighted by Crippen LogP contribution is -2.35. The molecular formula is C17H19N3O5. The van der Waals surface area contributed by atoms with Crippen molar-refractivity contribution in [3.8, 4) is 11.5 Å². The van der Waals surface area contributed by atoms with Crippen LogP contribution in [-0.4, -0.2) is 34.7 Å². The minimum Gasteiger partial charge on any atom is -0.486 e. The lowest BCUT2D eigenvalue weighted by atomic mass is 10.2. The van der Waals surface area contributed by atoms with Gasteiger partial charge in [0.1, 0.15) is 12.7 Å². The van der Waals surface area contributed by atoms with Gasteiger partial charge >= 0.3 is 5.69 Å². The van der Waals surface area contributed by atoms with E-state index in [1.54, 1.807) is 0 Å². The predicted molar refractivity (Wildman–Crippen MR) is 89.9 cm³/mol. The van der Waals surface area contributed by atoms with Crippen molar-refractivity contribution < 1.29 is 14.3 Å². The topological polar surface area (TPSA) is 102 Å². The standard InChI is InChI=1S/C17H19N3O5/c21-15(6-9-20-10-7-16(22)19-17(20)23)18-8-5-12-11-24-13-3-1-2-4-14(13)25-12/h1-4,7,10,12H,5-6,8-9,11H2,(H,18,21)(H,19,22,23)/t12-/m0/s1. The number of benzene rings is 1. The summed E-state index contributed by atoms with van der Waals surface area (Å²) < 4.78 is 12.7. The Kier molecular flexibility index (Phi) is 5.17. The Hall–Kier alpha value is -3.03. The zero-order chi connectivity index (χ0) is 17.6. The van der Waals surface area contributed by atoms with Crippen LogP contribution in [0.4, 0.5) is 0 Å². The Morgan fingerprint density at radius 2 is 2.04 bits per heavy atom. The molecule has 3 rings (SSSR count). The molecule has 1 atom stereocenters. The number of aromatic amines is 1. The van der Waals surface area contributed by atoms with Crippen LogP contribution in [0.15, 0.2) is 46.1 Å². The average Bonchev–Trinajstić information content (AvgIpc) is 2.61. The number of hydrogen-bond donors (Lipinski definition) is 2. The molecule has 0 saturated heterocycles. The number of amides is 1. The van der Waals surface area contributed by atoms with E-state index in [9.17, 15) is 14.4 Å². The molecule has 0 spiro atoms. The van der Waals surface area contributed by atoms with Gasteiger partial charge in [-0.3, -0.25) is 14.6 Å². The molecule has 0 unspecified atom stereocenters. The fourth-order valence-electron chi connectivity index (χ4n) is 2.51. The zero-order valence-electron chi connectivity index (χ0n) is 13.6. The molecule has 0 fully saturated rings. The van der Waals surface area contributed by atoms with E-state index in [4.69, 9.17) is 9.47 Å². The molecule has 25 heavy (non-hydrogen) atoms. The highest BCUT2D eigenvalue weighted by Crippen LogP contribution is 2.31. The van der Waals surface area contributed by atoms with Crippen LogP contribution in [0.3, 0.4) is 0 Å². The van der Waals surface area contributed by atoms with Gasteiger partial charge in [-0.05, 0) is 12.1 Å². The van der Waals surface area contributed by atoms with E-state index in [-0.39, 0.29) is 25.0 Å². The largest absolute Gasteiger partial charge is 0.486 e. The molecule has 2 aromatic rings. The van der Waals surface area contributed by atoms with Crippen molar-refractivity contribution in [2.45, 2.75) is 25.5 Å². The van der Waals surface area contributed by atoms with E-state index in [2.05, 4.69) is 10.3 Å². The van der Waals surface area contributed by atoms with Crippen molar-refractivity contribution in [2.24, 2.45) is 0 Å². The SMILES string of the molecule is O=C(CCn1ccc(=O)[nH]c1=O)NCC[C@H]1COc2ccccc2O1. The molecule has 0 radical (unpaired) electrons. The number of ether oxygens (including phenoxy) is 2. The summed E-state index contributed by atoms with van der Waals surface area (Å²) >= 11 is 0. The normalized spacial score (nSPS) is 15.6. The van der Waals surface area contributed by atoms with E-state index in [1.807, 2.05) is 24.3 Å². The van der Waals surface area contributed by atoms with Crippen LogP contribution in [-0.2, 0) is 11.3 Å². The average molecular weight is 345 g/mol. The van der Waals surface area contributed by atoms with Gasteiger partial charge in [-0.2, -0.15) is 0 Å². The van der Waals surface area contributed by atoms with Gasteiger partial charge < -0.3 is 19.4 Å². The van der Waals surface area contributed by atoms with E-state index >= 15 is 0 Å². The molecule has 8 nitrogen and oxygen atoms in total. The first-order valence-corrected chi connectivity index (χ1v) is 8.07. The second kappa shape index (κ2) is 7.69. The highest BCUT2D eigenvalue weighted by Gasteiger charge is 2.20. The summed E-state index contributed by atoms with van der Waals surface area (Å²) in [5.41, 5.74) is -0.978. The summed E-state index contributed by atoms with van der Waals surface area (Å²) in [6.45, 7) is 1.10. The maximum absolute atomic E-state index is 11.9. The highest BCUT2D eigenvalue weighted by atomic mass is 16.6. The lowest BCUT2D eigenvalue weighted by Gasteiger charge is -2.26. The molecule has 2 N–H and O–H groups in total. The van der Waals surface area contributed by atoms with Crippen molar-refractivity contribution in [1.82, 2.24) is 14.9 Å². The number of carbonyl (C=O) groups is 1. The fraction of sp³-hybridized carbons (Fsp3) is 0.353. The van der Waals surface area contributed by atoms with Crippen LogP contribution in [0, 0.1) is 0 Å². The van der Waals surface area contributed by atoms with Gasteiger partial charge in [0, 0.05) is 38.2 Å². The second-order valence-electron chi connectivity index (χ2n) is 5.69. The molecule has 0 bridgehead atoms. The minimum atomic E-state index is -0.522. The highest BCUT2D eigenvalue weighted by molar-refractivity contribution is 5.75. The summed E-state index contributed by atoms with van der Waals surface area (Å²) in [4.78, 5) is 36.5. The lowest BCUT2D eigenvalue weighted by molar-refractivity contribution is -0.121. The molecule has 1 aliphatic rings. The number of nitrogens with zero attached hydrogens (tertiary/aromatic N) is 1. The number of hydrogen-bond acceptors (Lipinski definition) is 5. The third kappa shape index (κ3) is 4.50. The van der Waals surface area contributed by atoms with Crippen LogP contribution in [0.5, 0.6) is 11.5 Å². The molecule has 1 aromatic heterocycles. The summed E-state index contributed by atoms with van der Waals surface area (Å²) in [6, 6.07) is 8.72. The van der Waals surface area contributed by atoms with Crippen molar-refractivity contribution in [2.75, 3.05) is 13.2 Å². The van der Waals surface area contributed by atoms with Gasteiger partial charge in [-0.1, -0.05) is 12.1 Å². The number of nitrogens with one attached hydrogen (secondary N) is 2. The van der Waals surface area contributed by atoms with E-state index in [0.29, 0.717) is 25.3 Å². The summed E-state index contributed by atoms with van der Waals surface area (Å²) in [6.07, 6.45) is 2.03. The van der Waals surface area contributed by atoms with Gasteiger partial charge in [0.25, 0.3) is 5.56 Å². The third-order valence-electron chi connectivity index (χ3n) is 3.83. The first-order chi connectivity index (χ1) is 12.1. The predicted octanol–water partition coefficient (Wildman–Crippen LogP) is 0.273. The Bertz CT molecular complexity index is 858. The summed E-state index contributed by atoms with van der Waals surface area (Å²) in [5, 5.41) is 2.79. The Morgan fingerprint density at radius 1 is 1.24 bits per heavy atom. The number of aryl methyl sites for hydroxylation is 1. The number of para-hydroxylation sites is 2. The van der Waals surface area contributed by atoms with E-state index < -0.39 is 11.2 Å². The third-order valence-corrected chi connectivity index (χ3v) is 3.83. The molecular weight excluding hydrogens is 326 g/mol. The van der Waals surface area contributed by atoms with Crippen molar-refractivity contribution in [3.05, 3.63) is 57.4 Å². The number of rotatable bonds is 6. The van der Waals surface area contributed by atoms with Crippen LogP contribution in [0.25, 0.3) is 0 Å². The molecule has 1 amide bonds. The van der Waals surface area contributed by atoms with E-state index in [0.717, 1.165) is 5.75 Å². The Morgan fingerprint density at radius 3 is 2.84 bits per heavy atom. The molecule has 2 heterocycles. The van der Waals surface area contributed by atoms with Crippen molar-refractivity contribution >= 4 is 5.91 Å². The Balaban J connectivity index is 1.40. The van der Waals surface area contributed by atoms with Gasteiger partial charge in [-0.15, -0.1) is 0 Å². The molecule has 0 aliphatic carbocycles. The second-order valence-corrected chi connectivity index (χ2v) is 5.69. The summed E-state index contributed by atoms with van der Waals surface area (Å²) in [7, 11) is 0. The first-order valence-electron chi connectivity index (χ1n) is 8.07. The molecule has 8 heteroatoms.